The third-order valence-electron chi connectivity index (χ3n) is 4.07. The van der Waals surface area contributed by atoms with Crippen molar-refractivity contribution in [3.63, 3.8) is 0 Å². The number of anilines is 2. The van der Waals surface area contributed by atoms with Gasteiger partial charge in [-0.05, 0) is 44.0 Å². The highest BCUT2D eigenvalue weighted by Gasteiger charge is 2.17. The van der Waals surface area contributed by atoms with Gasteiger partial charge in [-0.3, -0.25) is 9.59 Å². The lowest BCUT2D eigenvalue weighted by molar-refractivity contribution is 0.0853. The third kappa shape index (κ3) is 4.64. The van der Waals surface area contributed by atoms with Crippen LogP contribution in [0.2, 0.25) is 0 Å². The van der Waals surface area contributed by atoms with Gasteiger partial charge in [0.1, 0.15) is 5.69 Å². The van der Waals surface area contributed by atoms with E-state index in [2.05, 4.69) is 15.6 Å². The number of rotatable bonds is 6. The lowest BCUT2D eigenvalue weighted by Crippen LogP contribution is -2.32. The van der Waals surface area contributed by atoms with Crippen molar-refractivity contribution in [1.82, 2.24) is 10.3 Å². The van der Waals surface area contributed by atoms with E-state index in [0.717, 1.165) is 30.8 Å². The molecule has 25 heavy (non-hydrogen) atoms. The largest absolute Gasteiger partial charge is 0.376 e. The summed E-state index contributed by atoms with van der Waals surface area (Å²) in [5.41, 5.74) is 2.55. The lowest BCUT2D eigenvalue weighted by Gasteiger charge is -2.11. The smallest absolute Gasteiger partial charge is 0.269 e. The molecule has 6 heteroatoms. The second-order valence-corrected chi connectivity index (χ2v) is 6.04. The number of ketones is 1. The Bertz CT molecular complexity index is 753. The summed E-state index contributed by atoms with van der Waals surface area (Å²) in [4.78, 5) is 27.7. The standard InChI is InChI=1S/C19H21N3O3/c1-13(23)14-4-2-5-15(10-14)22-16-7-8-18(20-11-16)19(24)21-12-17-6-3-9-25-17/h2,4-5,7-8,10-11,17,22H,3,6,9,12H2,1H3,(H,21,24). The normalized spacial score (nSPS) is 16.4. The van der Waals surface area contributed by atoms with Crippen LogP contribution in [0.4, 0.5) is 11.4 Å². The summed E-state index contributed by atoms with van der Waals surface area (Å²) in [6, 6.07) is 10.7. The molecule has 1 aromatic carbocycles. The molecule has 0 saturated carbocycles. The predicted octanol–water partition coefficient (Wildman–Crippen LogP) is 2.94. The Labute approximate surface area is 146 Å². The third-order valence-corrected chi connectivity index (χ3v) is 4.07. The zero-order valence-electron chi connectivity index (χ0n) is 14.1. The molecule has 1 aliphatic rings. The molecule has 1 amide bonds. The number of hydrogen-bond acceptors (Lipinski definition) is 5. The molecule has 1 unspecified atom stereocenters. The Kier molecular flexibility index (Phi) is 5.40. The van der Waals surface area contributed by atoms with Crippen LogP contribution in [0, 0.1) is 0 Å². The number of nitrogens with zero attached hydrogens (tertiary/aromatic N) is 1. The second kappa shape index (κ2) is 7.90. The molecule has 1 aliphatic heterocycles. The van der Waals surface area contributed by atoms with E-state index >= 15 is 0 Å². The molecule has 3 rings (SSSR count). The Morgan fingerprint density at radius 3 is 2.80 bits per heavy atom. The van der Waals surface area contributed by atoms with Gasteiger partial charge in [0.25, 0.3) is 5.91 Å². The molecular formula is C19H21N3O3. The molecule has 0 spiro atoms. The molecule has 2 heterocycles. The maximum atomic E-state index is 12.1. The van der Waals surface area contributed by atoms with Crippen LogP contribution in [0.3, 0.4) is 0 Å². The van der Waals surface area contributed by atoms with Gasteiger partial charge in [0, 0.05) is 24.4 Å². The van der Waals surface area contributed by atoms with Crippen molar-refractivity contribution in [1.29, 1.82) is 0 Å². The van der Waals surface area contributed by atoms with E-state index in [4.69, 9.17) is 4.74 Å². The molecule has 1 saturated heterocycles. The SMILES string of the molecule is CC(=O)c1cccc(Nc2ccc(C(=O)NCC3CCCO3)nc2)c1. The van der Waals surface area contributed by atoms with Gasteiger partial charge in [-0.25, -0.2) is 4.98 Å². The molecule has 130 valence electrons. The molecule has 1 atom stereocenters. The minimum absolute atomic E-state index is 0.0139. The summed E-state index contributed by atoms with van der Waals surface area (Å²) in [5.74, 6) is -0.194. The number of nitrogens with one attached hydrogen (secondary N) is 2. The fourth-order valence-electron chi connectivity index (χ4n) is 2.69. The van der Waals surface area contributed by atoms with Gasteiger partial charge < -0.3 is 15.4 Å². The van der Waals surface area contributed by atoms with Gasteiger partial charge in [-0.1, -0.05) is 12.1 Å². The minimum Gasteiger partial charge on any atom is -0.376 e. The van der Waals surface area contributed by atoms with Crippen molar-refractivity contribution in [2.45, 2.75) is 25.9 Å². The topological polar surface area (TPSA) is 80.3 Å². The van der Waals surface area contributed by atoms with Crippen LogP contribution in [0.25, 0.3) is 0 Å². The van der Waals surface area contributed by atoms with Crippen molar-refractivity contribution < 1.29 is 14.3 Å². The van der Waals surface area contributed by atoms with E-state index in [9.17, 15) is 9.59 Å². The van der Waals surface area contributed by atoms with Crippen molar-refractivity contribution in [2.24, 2.45) is 0 Å². The van der Waals surface area contributed by atoms with Crippen LogP contribution < -0.4 is 10.6 Å². The van der Waals surface area contributed by atoms with Crippen LogP contribution >= 0.6 is 0 Å². The summed E-state index contributed by atoms with van der Waals surface area (Å²) in [6.45, 7) is 2.81. The molecule has 0 radical (unpaired) electrons. The molecular weight excluding hydrogens is 318 g/mol. The van der Waals surface area contributed by atoms with Crippen LogP contribution in [-0.4, -0.2) is 35.9 Å². The summed E-state index contributed by atoms with van der Waals surface area (Å²) in [5, 5.41) is 6.02. The van der Waals surface area contributed by atoms with Crippen molar-refractivity contribution in [3.05, 3.63) is 53.9 Å². The first kappa shape index (κ1) is 17.1. The van der Waals surface area contributed by atoms with E-state index < -0.39 is 0 Å². The number of pyridine rings is 1. The number of carbonyl (C=O) groups excluding carboxylic acids is 2. The zero-order valence-corrected chi connectivity index (χ0v) is 14.1. The average molecular weight is 339 g/mol. The van der Waals surface area contributed by atoms with Gasteiger partial charge >= 0.3 is 0 Å². The number of ether oxygens (including phenoxy) is 1. The fourth-order valence-corrected chi connectivity index (χ4v) is 2.69. The highest BCUT2D eigenvalue weighted by molar-refractivity contribution is 5.95. The summed E-state index contributed by atoms with van der Waals surface area (Å²) in [7, 11) is 0. The van der Waals surface area contributed by atoms with Crippen molar-refractivity contribution in [2.75, 3.05) is 18.5 Å². The first-order chi connectivity index (χ1) is 12.1. The zero-order chi connectivity index (χ0) is 17.6. The first-order valence-electron chi connectivity index (χ1n) is 8.36. The van der Waals surface area contributed by atoms with Gasteiger partial charge in [0.15, 0.2) is 5.78 Å². The molecule has 2 aromatic rings. The molecule has 6 nitrogen and oxygen atoms in total. The Morgan fingerprint density at radius 1 is 1.24 bits per heavy atom. The number of Topliss-reactive ketones (excluding diaryl/α,β-unsaturated/α-hetero) is 1. The maximum Gasteiger partial charge on any atom is 0.269 e. The quantitative estimate of drug-likeness (QED) is 0.791. The minimum atomic E-state index is -0.208. The molecule has 2 N–H and O–H groups in total. The lowest BCUT2D eigenvalue weighted by atomic mass is 10.1. The van der Waals surface area contributed by atoms with Crippen LogP contribution in [0.5, 0.6) is 0 Å². The first-order valence-corrected chi connectivity index (χ1v) is 8.36. The van der Waals surface area contributed by atoms with Crippen LogP contribution in [-0.2, 0) is 4.74 Å². The van der Waals surface area contributed by atoms with Crippen molar-refractivity contribution >= 4 is 23.1 Å². The van der Waals surface area contributed by atoms with Gasteiger partial charge in [-0.15, -0.1) is 0 Å². The van der Waals surface area contributed by atoms with Crippen LogP contribution in [0.1, 0.15) is 40.6 Å². The average Bonchev–Trinajstić information content (AvgIpc) is 3.14. The van der Waals surface area contributed by atoms with E-state index in [1.54, 1.807) is 30.5 Å². The number of aromatic nitrogens is 1. The van der Waals surface area contributed by atoms with E-state index in [0.29, 0.717) is 17.8 Å². The Morgan fingerprint density at radius 2 is 2.12 bits per heavy atom. The number of hydrogen-bond donors (Lipinski definition) is 2. The maximum absolute atomic E-state index is 12.1. The van der Waals surface area contributed by atoms with Gasteiger partial charge in [-0.2, -0.15) is 0 Å². The van der Waals surface area contributed by atoms with Crippen LogP contribution in [0.15, 0.2) is 42.6 Å². The highest BCUT2D eigenvalue weighted by atomic mass is 16.5. The van der Waals surface area contributed by atoms with Gasteiger partial charge in [0.05, 0.1) is 18.0 Å². The summed E-state index contributed by atoms with van der Waals surface area (Å²) < 4.78 is 5.48. The molecule has 1 fully saturated rings. The summed E-state index contributed by atoms with van der Waals surface area (Å²) >= 11 is 0. The molecule has 1 aromatic heterocycles. The molecule has 0 bridgehead atoms. The highest BCUT2D eigenvalue weighted by Crippen LogP contribution is 2.17. The monoisotopic (exact) mass is 339 g/mol. The number of carbonyl (C=O) groups is 2. The summed E-state index contributed by atoms with van der Waals surface area (Å²) in [6.07, 6.45) is 3.74. The Balaban J connectivity index is 1.58. The predicted molar refractivity (Wildman–Crippen MR) is 95.3 cm³/mol. The number of amides is 1. The van der Waals surface area contributed by atoms with E-state index in [-0.39, 0.29) is 17.8 Å². The van der Waals surface area contributed by atoms with Gasteiger partial charge in [0.2, 0.25) is 0 Å². The number of benzene rings is 1. The fraction of sp³-hybridized carbons (Fsp3) is 0.316. The second-order valence-electron chi connectivity index (χ2n) is 6.04. The van der Waals surface area contributed by atoms with Crippen molar-refractivity contribution in [3.8, 4) is 0 Å². The van der Waals surface area contributed by atoms with E-state index in [1.807, 2.05) is 12.1 Å². The molecule has 0 aliphatic carbocycles. The Hall–Kier alpha value is -2.73. The van der Waals surface area contributed by atoms with E-state index in [1.165, 1.54) is 6.92 Å².